The number of likely N-dealkylation sites (N-methyl/N-ethyl adjacent to an activating group) is 1. The second-order valence-corrected chi connectivity index (χ2v) is 3.61. The number of hydrogen-bond donors (Lipinski definition) is 1. The van der Waals surface area contributed by atoms with E-state index in [1.165, 1.54) is 45.4 Å². The Labute approximate surface area is 76.3 Å². The summed E-state index contributed by atoms with van der Waals surface area (Å²) in [5.41, 5.74) is 0. The fourth-order valence-electron chi connectivity index (χ4n) is 1.58. The lowest BCUT2D eigenvalue weighted by molar-refractivity contribution is 0.274. The van der Waals surface area contributed by atoms with E-state index in [9.17, 15) is 0 Å². The van der Waals surface area contributed by atoms with Gasteiger partial charge in [0.15, 0.2) is 0 Å². The van der Waals surface area contributed by atoms with Crippen LogP contribution < -0.4 is 5.32 Å². The largest absolute Gasteiger partial charge is 0.313 e. The highest BCUT2D eigenvalue weighted by atomic mass is 15.1. The normalized spacial score (nSPS) is 18.2. The number of rotatable bonds is 6. The maximum atomic E-state index is 3.58. The minimum atomic E-state index is 0.848. The van der Waals surface area contributed by atoms with E-state index in [-0.39, 0.29) is 0 Å². The molecule has 2 heteroatoms. The quantitative estimate of drug-likeness (QED) is 0.649. The second kappa shape index (κ2) is 5.55. The molecule has 0 unspecified atom stereocenters. The molecule has 1 rings (SSSR count). The Morgan fingerprint density at radius 3 is 2.33 bits per heavy atom. The first-order valence-electron chi connectivity index (χ1n) is 5.32. The highest BCUT2D eigenvalue weighted by Gasteiger charge is 2.15. The Bertz CT molecular complexity index is 106. The first kappa shape index (κ1) is 10.0. The molecule has 0 atom stereocenters. The van der Waals surface area contributed by atoms with Crippen LogP contribution in [0.1, 0.15) is 33.1 Å². The third-order valence-corrected chi connectivity index (χ3v) is 2.86. The van der Waals surface area contributed by atoms with Gasteiger partial charge >= 0.3 is 0 Å². The van der Waals surface area contributed by atoms with Crippen LogP contribution in [0, 0.1) is 0 Å². The van der Waals surface area contributed by atoms with Crippen molar-refractivity contribution in [2.75, 3.05) is 26.2 Å². The molecular weight excluding hydrogens is 148 g/mol. The van der Waals surface area contributed by atoms with Crippen molar-refractivity contribution in [1.29, 1.82) is 0 Å². The fraction of sp³-hybridized carbons (Fsp3) is 1.00. The SMILES string of the molecule is CCN(CC)CCNC1CCC1. The van der Waals surface area contributed by atoms with Crippen LogP contribution in [0.5, 0.6) is 0 Å². The zero-order valence-corrected chi connectivity index (χ0v) is 8.47. The molecule has 0 heterocycles. The lowest BCUT2D eigenvalue weighted by Gasteiger charge is -2.28. The van der Waals surface area contributed by atoms with Crippen LogP contribution in [0.15, 0.2) is 0 Å². The molecule has 0 aromatic heterocycles. The molecule has 1 N–H and O–H groups in total. The first-order valence-corrected chi connectivity index (χ1v) is 5.32. The van der Waals surface area contributed by atoms with Gasteiger partial charge in [0.05, 0.1) is 0 Å². The first-order chi connectivity index (χ1) is 5.86. The molecule has 0 amide bonds. The van der Waals surface area contributed by atoms with E-state index in [1.807, 2.05) is 0 Å². The third kappa shape index (κ3) is 3.11. The molecule has 0 aromatic rings. The van der Waals surface area contributed by atoms with E-state index in [0.29, 0.717) is 0 Å². The van der Waals surface area contributed by atoms with Crippen molar-refractivity contribution >= 4 is 0 Å². The lowest BCUT2D eigenvalue weighted by atomic mass is 9.93. The van der Waals surface area contributed by atoms with Crippen LogP contribution in [0.4, 0.5) is 0 Å². The average Bonchev–Trinajstić information content (AvgIpc) is 2.02. The van der Waals surface area contributed by atoms with Crippen molar-refractivity contribution in [2.24, 2.45) is 0 Å². The van der Waals surface area contributed by atoms with E-state index in [2.05, 4.69) is 24.1 Å². The van der Waals surface area contributed by atoms with Crippen molar-refractivity contribution in [3.8, 4) is 0 Å². The van der Waals surface area contributed by atoms with Crippen LogP contribution in [-0.2, 0) is 0 Å². The molecule has 1 saturated carbocycles. The standard InChI is InChI=1S/C10H22N2/c1-3-12(4-2)9-8-11-10-6-5-7-10/h10-11H,3-9H2,1-2H3. The molecule has 0 bridgehead atoms. The summed E-state index contributed by atoms with van der Waals surface area (Å²) in [6.45, 7) is 9.21. The summed E-state index contributed by atoms with van der Waals surface area (Å²) >= 11 is 0. The summed E-state index contributed by atoms with van der Waals surface area (Å²) in [5, 5.41) is 3.58. The van der Waals surface area contributed by atoms with Gasteiger partial charge in [-0.3, -0.25) is 0 Å². The smallest absolute Gasteiger partial charge is 0.0107 e. The molecule has 1 aliphatic carbocycles. The Morgan fingerprint density at radius 1 is 1.25 bits per heavy atom. The van der Waals surface area contributed by atoms with E-state index in [4.69, 9.17) is 0 Å². The van der Waals surface area contributed by atoms with Gasteiger partial charge in [-0.15, -0.1) is 0 Å². The van der Waals surface area contributed by atoms with Crippen LogP contribution in [0.3, 0.4) is 0 Å². The topological polar surface area (TPSA) is 15.3 Å². The third-order valence-electron chi connectivity index (χ3n) is 2.86. The van der Waals surface area contributed by atoms with Crippen molar-refractivity contribution in [3.05, 3.63) is 0 Å². The van der Waals surface area contributed by atoms with Crippen molar-refractivity contribution in [1.82, 2.24) is 10.2 Å². The molecule has 1 fully saturated rings. The van der Waals surface area contributed by atoms with Gasteiger partial charge in [0.1, 0.15) is 0 Å². The molecule has 0 aliphatic heterocycles. The monoisotopic (exact) mass is 170 g/mol. The van der Waals surface area contributed by atoms with Crippen LogP contribution >= 0.6 is 0 Å². The Balaban J connectivity index is 1.92. The van der Waals surface area contributed by atoms with Gasteiger partial charge < -0.3 is 10.2 Å². The summed E-state index contributed by atoms with van der Waals surface area (Å²) in [7, 11) is 0. The van der Waals surface area contributed by atoms with Gasteiger partial charge in [0, 0.05) is 19.1 Å². The maximum absolute atomic E-state index is 3.58. The van der Waals surface area contributed by atoms with Crippen LogP contribution in [0.2, 0.25) is 0 Å². The van der Waals surface area contributed by atoms with Crippen LogP contribution in [-0.4, -0.2) is 37.1 Å². The molecular formula is C10H22N2. The number of nitrogens with zero attached hydrogens (tertiary/aromatic N) is 1. The molecule has 0 spiro atoms. The maximum Gasteiger partial charge on any atom is 0.0107 e. The molecule has 1 aliphatic rings. The fourth-order valence-corrected chi connectivity index (χ4v) is 1.58. The minimum absolute atomic E-state index is 0.848. The van der Waals surface area contributed by atoms with E-state index in [0.717, 1.165) is 6.04 Å². The Hall–Kier alpha value is -0.0800. The Morgan fingerprint density at radius 2 is 1.92 bits per heavy atom. The molecule has 0 aromatic carbocycles. The van der Waals surface area contributed by atoms with Gasteiger partial charge in [0.25, 0.3) is 0 Å². The highest BCUT2D eigenvalue weighted by Crippen LogP contribution is 2.17. The predicted octanol–water partition coefficient (Wildman–Crippen LogP) is 1.47. The predicted molar refractivity (Wildman–Crippen MR) is 53.4 cm³/mol. The summed E-state index contributed by atoms with van der Waals surface area (Å²) < 4.78 is 0. The highest BCUT2D eigenvalue weighted by molar-refractivity contribution is 4.76. The van der Waals surface area contributed by atoms with Crippen molar-refractivity contribution in [2.45, 2.75) is 39.2 Å². The number of nitrogens with one attached hydrogen (secondary N) is 1. The zero-order valence-electron chi connectivity index (χ0n) is 8.47. The van der Waals surface area contributed by atoms with Gasteiger partial charge in [0.2, 0.25) is 0 Å². The summed E-state index contributed by atoms with van der Waals surface area (Å²) in [5.74, 6) is 0. The second-order valence-electron chi connectivity index (χ2n) is 3.61. The Kier molecular flexibility index (Phi) is 4.62. The molecule has 12 heavy (non-hydrogen) atoms. The van der Waals surface area contributed by atoms with Crippen molar-refractivity contribution in [3.63, 3.8) is 0 Å². The molecule has 72 valence electrons. The molecule has 0 saturated heterocycles. The van der Waals surface area contributed by atoms with Gasteiger partial charge in [-0.2, -0.15) is 0 Å². The summed E-state index contributed by atoms with van der Waals surface area (Å²) in [6.07, 6.45) is 4.24. The number of hydrogen-bond acceptors (Lipinski definition) is 2. The molecule has 2 nitrogen and oxygen atoms in total. The van der Waals surface area contributed by atoms with E-state index >= 15 is 0 Å². The van der Waals surface area contributed by atoms with E-state index < -0.39 is 0 Å². The average molecular weight is 170 g/mol. The van der Waals surface area contributed by atoms with Gasteiger partial charge in [-0.05, 0) is 25.9 Å². The lowest BCUT2D eigenvalue weighted by Crippen LogP contribution is -2.40. The molecule has 0 radical (unpaired) electrons. The van der Waals surface area contributed by atoms with Crippen LogP contribution in [0.25, 0.3) is 0 Å². The van der Waals surface area contributed by atoms with Crippen molar-refractivity contribution < 1.29 is 0 Å². The van der Waals surface area contributed by atoms with E-state index in [1.54, 1.807) is 0 Å². The van der Waals surface area contributed by atoms with Gasteiger partial charge in [-0.25, -0.2) is 0 Å². The minimum Gasteiger partial charge on any atom is -0.313 e. The zero-order chi connectivity index (χ0) is 8.81. The summed E-state index contributed by atoms with van der Waals surface area (Å²) in [4.78, 5) is 2.46. The van der Waals surface area contributed by atoms with Gasteiger partial charge in [-0.1, -0.05) is 20.3 Å². The summed E-state index contributed by atoms with van der Waals surface area (Å²) in [6, 6.07) is 0.848.